The monoisotopic (exact) mass is 208 g/mol. The van der Waals surface area contributed by atoms with Crippen LogP contribution in [0.1, 0.15) is 13.8 Å². The molecule has 0 saturated carbocycles. The first-order valence-electron chi connectivity index (χ1n) is 5.32. The Labute approximate surface area is 91.8 Å². The quantitative estimate of drug-likeness (QED) is 0.752. The minimum absolute atomic E-state index is 0.193. The van der Waals surface area contributed by atoms with Gasteiger partial charge in [0.05, 0.1) is 0 Å². The Morgan fingerprint density at radius 3 is 2.47 bits per heavy atom. The van der Waals surface area contributed by atoms with Gasteiger partial charge in [-0.2, -0.15) is 0 Å². The van der Waals surface area contributed by atoms with Crippen LogP contribution in [0.5, 0.6) is 5.75 Å². The summed E-state index contributed by atoms with van der Waals surface area (Å²) >= 11 is 0. The third kappa shape index (κ3) is 4.21. The van der Waals surface area contributed by atoms with E-state index in [1.807, 2.05) is 24.3 Å². The molecule has 0 aromatic heterocycles. The molecule has 3 nitrogen and oxygen atoms in total. The molecule has 0 aliphatic rings. The van der Waals surface area contributed by atoms with Crippen LogP contribution in [0.3, 0.4) is 0 Å². The molecule has 84 valence electrons. The Morgan fingerprint density at radius 2 is 1.93 bits per heavy atom. The van der Waals surface area contributed by atoms with Crippen molar-refractivity contribution in [1.29, 1.82) is 0 Å². The number of benzene rings is 1. The third-order valence-corrected chi connectivity index (χ3v) is 2.33. The average Bonchev–Trinajstić information content (AvgIpc) is 2.21. The van der Waals surface area contributed by atoms with Crippen LogP contribution < -0.4 is 10.5 Å². The topological polar surface area (TPSA) is 38.5 Å². The zero-order valence-corrected chi connectivity index (χ0v) is 9.73. The van der Waals surface area contributed by atoms with Gasteiger partial charge in [0.15, 0.2) is 0 Å². The van der Waals surface area contributed by atoms with Crippen LogP contribution in [0.25, 0.3) is 0 Å². The second-order valence-corrected chi connectivity index (χ2v) is 3.85. The molecule has 3 heteroatoms. The second kappa shape index (κ2) is 5.61. The molecule has 0 bridgehead atoms. The van der Waals surface area contributed by atoms with Gasteiger partial charge in [0.25, 0.3) is 0 Å². The van der Waals surface area contributed by atoms with E-state index in [-0.39, 0.29) is 6.10 Å². The van der Waals surface area contributed by atoms with Gasteiger partial charge in [0, 0.05) is 12.2 Å². The van der Waals surface area contributed by atoms with Crippen LogP contribution in [0.4, 0.5) is 5.69 Å². The van der Waals surface area contributed by atoms with Gasteiger partial charge < -0.3 is 15.4 Å². The number of nitrogens with two attached hydrogens (primary N) is 1. The van der Waals surface area contributed by atoms with Gasteiger partial charge >= 0.3 is 0 Å². The molecule has 0 radical (unpaired) electrons. The van der Waals surface area contributed by atoms with Gasteiger partial charge in [-0.1, -0.05) is 6.92 Å². The van der Waals surface area contributed by atoms with Crippen molar-refractivity contribution in [3.8, 4) is 5.75 Å². The molecule has 0 heterocycles. The zero-order chi connectivity index (χ0) is 11.3. The lowest BCUT2D eigenvalue weighted by Crippen LogP contribution is -2.30. The minimum Gasteiger partial charge on any atom is -0.489 e. The van der Waals surface area contributed by atoms with E-state index >= 15 is 0 Å². The number of ether oxygens (including phenoxy) is 1. The van der Waals surface area contributed by atoms with E-state index in [9.17, 15) is 0 Å². The van der Waals surface area contributed by atoms with Gasteiger partial charge in [0.2, 0.25) is 0 Å². The van der Waals surface area contributed by atoms with E-state index in [2.05, 4.69) is 25.8 Å². The van der Waals surface area contributed by atoms with E-state index in [0.29, 0.717) is 0 Å². The van der Waals surface area contributed by atoms with E-state index in [1.165, 1.54) is 0 Å². The van der Waals surface area contributed by atoms with Crippen LogP contribution in [0, 0.1) is 0 Å². The smallest absolute Gasteiger partial charge is 0.119 e. The molecule has 0 aliphatic carbocycles. The molecule has 0 fully saturated rings. The second-order valence-electron chi connectivity index (χ2n) is 3.85. The number of likely N-dealkylation sites (N-methyl/N-ethyl adjacent to an activating group) is 1. The predicted octanol–water partition coefficient (Wildman–Crippen LogP) is 1.99. The van der Waals surface area contributed by atoms with E-state index < -0.39 is 0 Å². The summed E-state index contributed by atoms with van der Waals surface area (Å²) in [6, 6.07) is 7.51. The summed E-state index contributed by atoms with van der Waals surface area (Å²) in [6.45, 7) is 6.18. The SMILES string of the molecule is CCN(C)CC(C)Oc1ccc(N)cc1. The largest absolute Gasteiger partial charge is 0.489 e. The number of nitrogens with zero attached hydrogens (tertiary/aromatic N) is 1. The molecule has 0 saturated heterocycles. The fraction of sp³-hybridized carbons (Fsp3) is 0.500. The molecular formula is C12H20N2O. The highest BCUT2D eigenvalue weighted by atomic mass is 16.5. The lowest BCUT2D eigenvalue weighted by atomic mass is 10.3. The Morgan fingerprint density at radius 1 is 1.33 bits per heavy atom. The van der Waals surface area contributed by atoms with Crippen molar-refractivity contribution < 1.29 is 4.74 Å². The maximum atomic E-state index is 5.74. The predicted molar refractivity (Wildman–Crippen MR) is 64.1 cm³/mol. The maximum absolute atomic E-state index is 5.74. The molecule has 2 N–H and O–H groups in total. The normalized spacial score (nSPS) is 12.8. The van der Waals surface area contributed by atoms with Crippen molar-refractivity contribution in [2.75, 3.05) is 25.9 Å². The summed E-state index contributed by atoms with van der Waals surface area (Å²) in [5.74, 6) is 0.876. The summed E-state index contributed by atoms with van der Waals surface area (Å²) in [5, 5.41) is 0. The summed E-state index contributed by atoms with van der Waals surface area (Å²) in [4.78, 5) is 2.22. The summed E-state index contributed by atoms with van der Waals surface area (Å²) in [7, 11) is 2.09. The molecular weight excluding hydrogens is 188 g/mol. The van der Waals surface area contributed by atoms with Gasteiger partial charge in [-0.25, -0.2) is 0 Å². The summed E-state index contributed by atoms with van der Waals surface area (Å²) < 4.78 is 5.74. The van der Waals surface area contributed by atoms with Crippen LogP contribution in [0.15, 0.2) is 24.3 Å². The molecule has 1 aromatic rings. The minimum atomic E-state index is 0.193. The van der Waals surface area contributed by atoms with Crippen molar-refractivity contribution in [1.82, 2.24) is 4.90 Å². The Kier molecular flexibility index (Phi) is 4.43. The Balaban J connectivity index is 2.44. The van der Waals surface area contributed by atoms with Crippen LogP contribution in [-0.2, 0) is 0 Å². The van der Waals surface area contributed by atoms with E-state index in [1.54, 1.807) is 0 Å². The fourth-order valence-corrected chi connectivity index (χ4v) is 1.38. The first-order chi connectivity index (χ1) is 7.11. The first kappa shape index (κ1) is 11.9. The number of hydrogen-bond acceptors (Lipinski definition) is 3. The molecule has 1 atom stereocenters. The molecule has 1 unspecified atom stereocenters. The van der Waals surface area contributed by atoms with Crippen molar-refractivity contribution in [3.63, 3.8) is 0 Å². The van der Waals surface area contributed by atoms with Crippen LogP contribution in [0.2, 0.25) is 0 Å². The molecule has 0 amide bonds. The standard InChI is InChI=1S/C12H20N2O/c1-4-14(3)9-10(2)15-12-7-5-11(13)6-8-12/h5-8,10H,4,9,13H2,1-3H3. The lowest BCUT2D eigenvalue weighted by molar-refractivity contribution is 0.166. The fourth-order valence-electron chi connectivity index (χ4n) is 1.38. The Hall–Kier alpha value is -1.22. The Bertz CT molecular complexity index is 284. The molecule has 0 aliphatic heterocycles. The van der Waals surface area contributed by atoms with Crippen molar-refractivity contribution >= 4 is 5.69 Å². The maximum Gasteiger partial charge on any atom is 0.119 e. The van der Waals surface area contributed by atoms with Crippen LogP contribution in [-0.4, -0.2) is 31.1 Å². The molecule has 1 rings (SSSR count). The molecule has 1 aromatic carbocycles. The van der Waals surface area contributed by atoms with E-state index in [0.717, 1.165) is 24.5 Å². The first-order valence-corrected chi connectivity index (χ1v) is 5.32. The summed E-state index contributed by atoms with van der Waals surface area (Å²) in [6.07, 6.45) is 0.193. The molecule has 0 spiro atoms. The highest BCUT2D eigenvalue weighted by Crippen LogP contribution is 2.14. The van der Waals surface area contributed by atoms with Crippen molar-refractivity contribution in [2.24, 2.45) is 0 Å². The van der Waals surface area contributed by atoms with Gasteiger partial charge in [-0.15, -0.1) is 0 Å². The molecule has 15 heavy (non-hydrogen) atoms. The summed E-state index contributed by atoms with van der Waals surface area (Å²) in [5.41, 5.74) is 6.36. The number of hydrogen-bond donors (Lipinski definition) is 1. The van der Waals surface area contributed by atoms with Crippen LogP contribution >= 0.6 is 0 Å². The zero-order valence-electron chi connectivity index (χ0n) is 9.73. The number of anilines is 1. The van der Waals surface area contributed by atoms with Crippen molar-refractivity contribution in [3.05, 3.63) is 24.3 Å². The van der Waals surface area contributed by atoms with Crippen molar-refractivity contribution in [2.45, 2.75) is 20.0 Å². The lowest BCUT2D eigenvalue weighted by Gasteiger charge is -2.20. The number of nitrogen functional groups attached to an aromatic ring is 1. The highest BCUT2D eigenvalue weighted by molar-refractivity contribution is 5.41. The number of rotatable bonds is 5. The van der Waals surface area contributed by atoms with Gasteiger partial charge in [-0.3, -0.25) is 0 Å². The third-order valence-electron chi connectivity index (χ3n) is 2.33. The highest BCUT2D eigenvalue weighted by Gasteiger charge is 2.06. The van der Waals surface area contributed by atoms with Gasteiger partial charge in [-0.05, 0) is 44.8 Å². The van der Waals surface area contributed by atoms with Gasteiger partial charge in [0.1, 0.15) is 11.9 Å². The average molecular weight is 208 g/mol. The van der Waals surface area contributed by atoms with E-state index in [4.69, 9.17) is 10.5 Å².